The number of nitrogens with one attached hydrogen (secondary N) is 1. The summed E-state index contributed by atoms with van der Waals surface area (Å²) in [4.78, 5) is 13.6. The maximum atomic E-state index is 8.36. The number of benzene rings is 1. The molecule has 1 aromatic heterocycles. The highest BCUT2D eigenvalue weighted by Crippen LogP contribution is 2.44. The van der Waals surface area contributed by atoms with E-state index < -0.39 is 0 Å². The molecule has 2 heterocycles. The summed E-state index contributed by atoms with van der Waals surface area (Å²) in [6.45, 7) is 8.39. The normalized spacial score (nSPS) is 16.6. The number of ether oxygens (including phenoxy) is 1. The number of anilines is 1. The van der Waals surface area contributed by atoms with Crippen LogP contribution in [0.4, 0.5) is 5.69 Å². The molecule has 164 valence electrons. The first-order valence-electron chi connectivity index (χ1n) is 10.3. The van der Waals surface area contributed by atoms with E-state index in [9.17, 15) is 0 Å². The number of thiocarbonyl (C=S) groups is 1. The van der Waals surface area contributed by atoms with Crippen molar-refractivity contribution < 1.29 is 14.6 Å². The van der Waals surface area contributed by atoms with Gasteiger partial charge in [-0.3, -0.25) is 9.78 Å². The van der Waals surface area contributed by atoms with Crippen LogP contribution in [0.1, 0.15) is 75.8 Å². The lowest BCUT2D eigenvalue weighted by Crippen LogP contribution is -2.14. The Labute approximate surface area is 189 Å². The minimum Gasteiger partial charge on any atom is -0.483 e. The molecular formula is C23H31ClN2O3S. The molecule has 1 fully saturated rings. The third kappa shape index (κ3) is 7.67. The average Bonchev–Trinajstić information content (AvgIpc) is 3.59. The van der Waals surface area contributed by atoms with Crippen LogP contribution in [0.15, 0.2) is 36.5 Å². The van der Waals surface area contributed by atoms with Crippen LogP contribution in [0.5, 0.6) is 0 Å². The summed E-state index contributed by atoms with van der Waals surface area (Å²) in [6, 6.07) is 9.84. The molecule has 1 aliphatic carbocycles. The highest BCUT2D eigenvalue weighted by Gasteiger charge is 2.32. The number of fused-ring (bicyclic) bond motifs is 1. The zero-order valence-electron chi connectivity index (χ0n) is 18.0. The number of carboxylic acid groups (broad SMARTS) is 1. The molecule has 2 aliphatic rings. The lowest BCUT2D eigenvalue weighted by Gasteiger charge is -2.20. The standard InChI is InChI=1S/C17H15ClN2OS.C3H8.C2H6.CH2O2/c18-11-5-6-14-13(8-11)17(21-9-15(22)20-14)12-2-1-7-19-16(12)10-3-4-10;1-3-2;1-2;2-1-3/h1-2,5-8,10,17H,3-4,9H2,(H,20,22);3H2,1-2H3;1-2H3;1H,(H,2,3)/t17-;;;/m1.../s1. The molecule has 1 atom stereocenters. The van der Waals surface area contributed by atoms with E-state index in [4.69, 9.17) is 38.5 Å². The van der Waals surface area contributed by atoms with Crippen molar-refractivity contribution in [3.63, 3.8) is 0 Å². The van der Waals surface area contributed by atoms with Crippen LogP contribution in [-0.2, 0) is 9.53 Å². The van der Waals surface area contributed by atoms with Gasteiger partial charge in [-0.05, 0) is 37.1 Å². The third-order valence-electron chi connectivity index (χ3n) is 4.07. The van der Waals surface area contributed by atoms with Crippen molar-refractivity contribution in [2.24, 2.45) is 0 Å². The minimum absolute atomic E-state index is 0.189. The van der Waals surface area contributed by atoms with E-state index in [-0.39, 0.29) is 12.6 Å². The Morgan fingerprint density at radius 2 is 1.90 bits per heavy atom. The molecule has 1 saturated carbocycles. The lowest BCUT2D eigenvalue weighted by molar-refractivity contribution is -0.122. The summed E-state index contributed by atoms with van der Waals surface area (Å²) in [5.41, 5.74) is 4.25. The first-order valence-corrected chi connectivity index (χ1v) is 11.1. The molecule has 5 nitrogen and oxygen atoms in total. The Hall–Kier alpha value is -2.02. The Bertz CT molecular complexity index is 813. The number of pyridine rings is 1. The van der Waals surface area contributed by atoms with Gasteiger partial charge in [0.1, 0.15) is 11.1 Å². The molecule has 2 aromatic rings. The van der Waals surface area contributed by atoms with Gasteiger partial charge in [-0.1, -0.05) is 64.0 Å². The highest BCUT2D eigenvalue weighted by molar-refractivity contribution is 7.80. The van der Waals surface area contributed by atoms with Crippen molar-refractivity contribution in [2.75, 3.05) is 11.9 Å². The molecule has 0 bridgehead atoms. The molecule has 0 spiro atoms. The van der Waals surface area contributed by atoms with Crippen molar-refractivity contribution in [1.82, 2.24) is 4.98 Å². The number of carbonyl (C=O) groups is 1. The third-order valence-corrected chi connectivity index (χ3v) is 4.52. The maximum absolute atomic E-state index is 8.36. The summed E-state index contributed by atoms with van der Waals surface area (Å²) in [7, 11) is 0. The Morgan fingerprint density at radius 3 is 2.50 bits per heavy atom. The van der Waals surface area contributed by atoms with Crippen LogP contribution in [0.2, 0.25) is 5.02 Å². The van der Waals surface area contributed by atoms with Crippen molar-refractivity contribution >= 4 is 41.0 Å². The van der Waals surface area contributed by atoms with Crippen LogP contribution >= 0.6 is 23.8 Å². The second kappa shape index (κ2) is 14.1. The van der Waals surface area contributed by atoms with Gasteiger partial charge in [0.2, 0.25) is 0 Å². The van der Waals surface area contributed by atoms with Gasteiger partial charge in [-0.25, -0.2) is 0 Å². The summed E-state index contributed by atoms with van der Waals surface area (Å²) in [5.74, 6) is 0.561. The van der Waals surface area contributed by atoms with Gasteiger partial charge in [0, 0.05) is 39.6 Å². The predicted octanol–water partition coefficient (Wildman–Crippen LogP) is 6.61. The van der Waals surface area contributed by atoms with E-state index in [1.165, 1.54) is 19.3 Å². The van der Waals surface area contributed by atoms with Gasteiger partial charge in [0.25, 0.3) is 6.47 Å². The van der Waals surface area contributed by atoms with Crippen molar-refractivity contribution in [3.05, 3.63) is 58.4 Å². The van der Waals surface area contributed by atoms with E-state index in [1.807, 2.05) is 44.3 Å². The minimum atomic E-state index is -0.250. The Kier molecular flexibility index (Phi) is 12.2. The molecule has 1 aromatic carbocycles. The fourth-order valence-corrected chi connectivity index (χ4v) is 3.26. The van der Waals surface area contributed by atoms with Gasteiger partial charge in [0.05, 0.1) is 6.61 Å². The van der Waals surface area contributed by atoms with Gasteiger partial charge >= 0.3 is 0 Å². The topological polar surface area (TPSA) is 71.5 Å². The number of hydrogen-bond acceptors (Lipinski definition) is 4. The van der Waals surface area contributed by atoms with E-state index in [0.29, 0.717) is 22.5 Å². The molecule has 30 heavy (non-hydrogen) atoms. The van der Waals surface area contributed by atoms with Crippen LogP contribution in [0.25, 0.3) is 0 Å². The SMILES string of the molecule is CC.CCC.O=CO.S=C1CO[C@H](c2cccnc2C2CC2)c2cc(Cl)ccc2N1. The van der Waals surface area contributed by atoms with Gasteiger partial charge in [-0.15, -0.1) is 0 Å². The smallest absolute Gasteiger partial charge is 0.290 e. The van der Waals surface area contributed by atoms with Crippen molar-refractivity contribution in [1.29, 1.82) is 0 Å². The van der Waals surface area contributed by atoms with E-state index in [1.54, 1.807) is 0 Å². The molecule has 4 rings (SSSR count). The first kappa shape index (κ1) is 26.0. The highest BCUT2D eigenvalue weighted by atomic mass is 35.5. The quantitative estimate of drug-likeness (QED) is 0.396. The van der Waals surface area contributed by atoms with Crippen LogP contribution in [0.3, 0.4) is 0 Å². The van der Waals surface area contributed by atoms with Crippen molar-refractivity contribution in [3.8, 4) is 0 Å². The molecule has 0 unspecified atom stereocenters. The summed E-state index contributed by atoms with van der Waals surface area (Å²) >= 11 is 11.5. The van der Waals surface area contributed by atoms with Gasteiger partial charge < -0.3 is 15.2 Å². The second-order valence-corrected chi connectivity index (χ2v) is 7.46. The second-order valence-electron chi connectivity index (χ2n) is 6.54. The fourth-order valence-electron chi connectivity index (χ4n) is 2.91. The van der Waals surface area contributed by atoms with E-state index >= 15 is 0 Å². The number of aromatic nitrogens is 1. The molecule has 0 saturated heterocycles. The predicted molar refractivity (Wildman–Crippen MR) is 128 cm³/mol. The number of rotatable bonds is 2. The lowest BCUT2D eigenvalue weighted by atomic mass is 9.97. The summed E-state index contributed by atoms with van der Waals surface area (Å²) < 4.78 is 6.10. The molecule has 1 aliphatic heterocycles. The monoisotopic (exact) mass is 450 g/mol. The number of halogens is 1. The zero-order valence-corrected chi connectivity index (χ0v) is 19.6. The zero-order chi connectivity index (χ0) is 22.5. The van der Waals surface area contributed by atoms with E-state index in [0.717, 1.165) is 22.5 Å². The number of nitrogens with zero attached hydrogens (tertiary/aromatic N) is 1. The van der Waals surface area contributed by atoms with Crippen molar-refractivity contribution in [2.45, 2.75) is 59.0 Å². The number of hydrogen-bond donors (Lipinski definition) is 2. The molecular weight excluding hydrogens is 420 g/mol. The van der Waals surface area contributed by atoms with Crippen LogP contribution < -0.4 is 5.32 Å². The Morgan fingerprint density at radius 1 is 1.27 bits per heavy atom. The summed E-state index contributed by atoms with van der Waals surface area (Å²) in [6.07, 6.45) is 5.33. The molecule has 2 N–H and O–H groups in total. The average molecular weight is 451 g/mol. The maximum Gasteiger partial charge on any atom is 0.290 e. The summed E-state index contributed by atoms with van der Waals surface area (Å²) in [5, 5.41) is 10.8. The van der Waals surface area contributed by atoms with Gasteiger partial charge in [0.15, 0.2) is 0 Å². The first-order chi connectivity index (χ1) is 14.5. The fraction of sp³-hybridized carbons (Fsp3) is 0.435. The Balaban J connectivity index is 0.000000496. The van der Waals surface area contributed by atoms with Crippen LogP contribution in [0, 0.1) is 0 Å². The molecule has 0 radical (unpaired) electrons. The molecule has 0 amide bonds. The largest absolute Gasteiger partial charge is 0.483 e. The molecule has 7 heteroatoms. The van der Waals surface area contributed by atoms with Gasteiger partial charge in [-0.2, -0.15) is 0 Å². The van der Waals surface area contributed by atoms with E-state index in [2.05, 4.69) is 30.2 Å². The van der Waals surface area contributed by atoms with Crippen LogP contribution in [-0.4, -0.2) is 28.2 Å².